The molecule has 2 rings (SSSR count). The minimum Gasteiger partial charge on any atom is -0.486 e. The molecule has 3 N–H and O–H groups in total. The van der Waals surface area contributed by atoms with E-state index in [1.807, 2.05) is 19.1 Å². The van der Waals surface area contributed by atoms with E-state index in [1.165, 1.54) is 0 Å². The minimum atomic E-state index is -0.800. The summed E-state index contributed by atoms with van der Waals surface area (Å²) < 4.78 is 11.9. The summed E-state index contributed by atoms with van der Waals surface area (Å²) in [7, 11) is 0. The van der Waals surface area contributed by atoms with Crippen LogP contribution < -0.4 is 15.2 Å². The van der Waals surface area contributed by atoms with E-state index in [9.17, 15) is 4.79 Å². The Morgan fingerprint density at radius 1 is 1.40 bits per heavy atom. The van der Waals surface area contributed by atoms with E-state index in [1.54, 1.807) is 0 Å². The highest BCUT2D eigenvalue weighted by molar-refractivity contribution is 9.10. The average Bonchev–Trinajstić information content (AvgIpc) is 2.36. The Morgan fingerprint density at radius 2 is 2.00 bits per heavy atom. The van der Waals surface area contributed by atoms with Crippen molar-refractivity contribution < 1.29 is 19.4 Å². The Kier molecular flexibility index (Phi) is 4.88. The van der Waals surface area contributed by atoms with E-state index in [4.69, 9.17) is 20.3 Å². The summed E-state index contributed by atoms with van der Waals surface area (Å²) in [6.45, 7) is 2.96. The molecule has 0 radical (unpaired) electrons. The van der Waals surface area contributed by atoms with Gasteiger partial charge in [0.1, 0.15) is 13.2 Å². The number of hydrogen-bond donors (Lipinski definition) is 2. The Balaban J connectivity index is 2.13. The second-order valence-corrected chi connectivity index (χ2v) is 5.92. The van der Waals surface area contributed by atoms with Crippen molar-refractivity contribution in [3.8, 4) is 11.5 Å². The molecule has 6 heteroatoms. The predicted molar refractivity (Wildman–Crippen MR) is 78.1 cm³/mol. The number of ether oxygens (including phenoxy) is 2. The zero-order chi connectivity index (χ0) is 14.7. The molecular weight excluding hydrogens is 326 g/mol. The Labute approximate surface area is 126 Å². The van der Waals surface area contributed by atoms with Gasteiger partial charge in [0.2, 0.25) is 0 Å². The third-order valence-electron chi connectivity index (χ3n) is 3.24. The average molecular weight is 344 g/mol. The molecule has 0 fully saturated rings. The van der Waals surface area contributed by atoms with Gasteiger partial charge in [-0.1, -0.05) is 22.9 Å². The fraction of sp³-hybridized carbons (Fsp3) is 0.500. The van der Waals surface area contributed by atoms with E-state index in [0.717, 1.165) is 10.0 Å². The summed E-state index contributed by atoms with van der Waals surface area (Å²) in [5.41, 5.74) is 7.10. The van der Waals surface area contributed by atoms with Crippen molar-refractivity contribution in [2.24, 2.45) is 11.7 Å². The predicted octanol–water partition coefficient (Wildman–Crippen LogP) is 2.72. The number of hydrogen-bond acceptors (Lipinski definition) is 4. The molecule has 1 heterocycles. The van der Waals surface area contributed by atoms with E-state index in [-0.39, 0.29) is 18.4 Å². The number of rotatable bonds is 5. The van der Waals surface area contributed by atoms with Gasteiger partial charge in [-0.05, 0) is 30.0 Å². The fourth-order valence-electron chi connectivity index (χ4n) is 2.31. The maximum atomic E-state index is 10.7. The lowest BCUT2D eigenvalue weighted by Crippen LogP contribution is -2.19. The number of nitrogens with two attached hydrogens (primary N) is 1. The zero-order valence-corrected chi connectivity index (χ0v) is 12.9. The summed E-state index contributed by atoms with van der Waals surface area (Å²) in [4.78, 5) is 10.7. The number of fused-ring (bicyclic) bond motifs is 1. The van der Waals surface area contributed by atoms with Gasteiger partial charge in [-0.15, -0.1) is 0 Å². The van der Waals surface area contributed by atoms with Gasteiger partial charge in [0.15, 0.2) is 11.5 Å². The molecule has 0 spiro atoms. The lowest BCUT2D eigenvalue weighted by Gasteiger charge is -2.23. The van der Waals surface area contributed by atoms with Gasteiger partial charge in [-0.3, -0.25) is 4.79 Å². The summed E-state index contributed by atoms with van der Waals surface area (Å²) in [6, 6.07) is 3.48. The molecule has 0 bridgehead atoms. The van der Waals surface area contributed by atoms with Crippen LogP contribution >= 0.6 is 15.9 Å². The van der Waals surface area contributed by atoms with Crippen LogP contribution in [0.1, 0.15) is 31.4 Å². The Bertz CT molecular complexity index is 506. The molecule has 1 aliphatic heterocycles. The zero-order valence-electron chi connectivity index (χ0n) is 11.3. The summed E-state index contributed by atoms with van der Waals surface area (Å²) in [5, 5.41) is 8.79. The van der Waals surface area contributed by atoms with E-state index in [2.05, 4.69) is 15.9 Å². The van der Waals surface area contributed by atoms with Crippen LogP contribution in [0.25, 0.3) is 0 Å². The molecule has 2 unspecified atom stereocenters. The van der Waals surface area contributed by atoms with Crippen LogP contribution in [0.4, 0.5) is 0 Å². The molecule has 0 saturated heterocycles. The molecule has 1 aromatic carbocycles. The second-order valence-electron chi connectivity index (χ2n) is 5.06. The number of benzene rings is 1. The van der Waals surface area contributed by atoms with Crippen LogP contribution in [0.15, 0.2) is 16.6 Å². The standard InChI is InChI=1S/C14H18BrNO4/c1-8(5-14(17)18)4-11(16)9-6-12-13(7-10(9)15)20-3-2-19-12/h6-8,11H,2-5,16H2,1H3,(H,17,18). The quantitative estimate of drug-likeness (QED) is 0.858. The lowest BCUT2D eigenvalue weighted by molar-refractivity contribution is -0.138. The molecular formula is C14H18BrNO4. The molecule has 1 aromatic rings. The van der Waals surface area contributed by atoms with Crippen LogP contribution in [0, 0.1) is 5.92 Å². The van der Waals surface area contributed by atoms with Gasteiger partial charge in [-0.25, -0.2) is 0 Å². The van der Waals surface area contributed by atoms with Gasteiger partial charge in [0, 0.05) is 16.9 Å². The lowest BCUT2D eigenvalue weighted by atomic mass is 9.94. The SMILES string of the molecule is CC(CC(=O)O)CC(N)c1cc2c(cc1Br)OCCO2. The van der Waals surface area contributed by atoms with Crippen molar-refractivity contribution in [1.82, 2.24) is 0 Å². The normalized spacial score (nSPS) is 16.6. The van der Waals surface area contributed by atoms with Gasteiger partial charge in [-0.2, -0.15) is 0 Å². The maximum absolute atomic E-state index is 10.7. The van der Waals surface area contributed by atoms with Crippen molar-refractivity contribution in [2.45, 2.75) is 25.8 Å². The molecule has 20 heavy (non-hydrogen) atoms. The van der Waals surface area contributed by atoms with Crippen molar-refractivity contribution in [1.29, 1.82) is 0 Å². The highest BCUT2D eigenvalue weighted by atomic mass is 79.9. The highest BCUT2D eigenvalue weighted by Gasteiger charge is 2.20. The van der Waals surface area contributed by atoms with Crippen LogP contribution in [0.2, 0.25) is 0 Å². The topological polar surface area (TPSA) is 81.8 Å². The first-order chi connectivity index (χ1) is 9.47. The van der Waals surface area contributed by atoms with Crippen molar-refractivity contribution in [2.75, 3.05) is 13.2 Å². The van der Waals surface area contributed by atoms with E-state index < -0.39 is 5.97 Å². The number of carboxylic acid groups (broad SMARTS) is 1. The number of carbonyl (C=O) groups is 1. The maximum Gasteiger partial charge on any atom is 0.303 e. The smallest absolute Gasteiger partial charge is 0.303 e. The minimum absolute atomic E-state index is 0.0163. The van der Waals surface area contributed by atoms with Gasteiger partial charge in [0.05, 0.1) is 0 Å². The molecule has 1 aliphatic rings. The van der Waals surface area contributed by atoms with Crippen LogP contribution in [-0.4, -0.2) is 24.3 Å². The number of carboxylic acids is 1. The van der Waals surface area contributed by atoms with Gasteiger partial charge in [0.25, 0.3) is 0 Å². The van der Waals surface area contributed by atoms with Crippen molar-refractivity contribution in [3.63, 3.8) is 0 Å². The summed E-state index contributed by atoms with van der Waals surface area (Å²) in [6.07, 6.45) is 0.723. The molecule has 0 saturated carbocycles. The molecule has 0 amide bonds. The summed E-state index contributed by atoms with van der Waals surface area (Å²) >= 11 is 3.48. The third kappa shape index (κ3) is 3.64. The monoisotopic (exact) mass is 343 g/mol. The third-order valence-corrected chi connectivity index (χ3v) is 3.93. The van der Waals surface area contributed by atoms with Crippen LogP contribution in [0.5, 0.6) is 11.5 Å². The molecule has 2 atom stereocenters. The Hall–Kier alpha value is -1.27. The molecule has 5 nitrogen and oxygen atoms in total. The largest absolute Gasteiger partial charge is 0.486 e. The summed E-state index contributed by atoms with van der Waals surface area (Å²) in [5.74, 6) is 0.613. The van der Waals surface area contributed by atoms with E-state index in [0.29, 0.717) is 31.1 Å². The highest BCUT2D eigenvalue weighted by Crippen LogP contribution is 2.38. The Morgan fingerprint density at radius 3 is 2.60 bits per heavy atom. The molecule has 110 valence electrons. The number of halogens is 1. The fourth-order valence-corrected chi connectivity index (χ4v) is 2.92. The first-order valence-corrected chi connectivity index (χ1v) is 7.33. The first kappa shape index (κ1) is 15.1. The van der Waals surface area contributed by atoms with Crippen molar-refractivity contribution in [3.05, 3.63) is 22.2 Å². The van der Waals surface area contributed by atoms with E-state index >= 15 is 0 Å². The number of aliphatic carboxylic acids is 1. The van der Waals surface area contributed by atoms with Crippen molar-refractivity contribution >= 4 is 21.9 Å². The van der Waals surface area contributed by atoms with Crippen LogP contribution in [0.3, 0.4) is 0 Å². The molecule has 0 aliphatic carbocycles. The van der Waals surface area contributed by atoms with Crippen LogP contribution in [-0.2, 0) is 4.79 Å². The second kappa shape index (κ2) is 6.45. The van der Waals surface area contributed by atoms with Gasteiger partial charge < -0.3 is 20.3 Å². The molecule has 0 aromatic heterocycles. The van der Waals surface area contributed by atoms with Gasteiger partial charge >= 0.3 is 5.97 Å². The first-order valence-electron chi connectivity index (χ1n) is 6.53.